The lowest BCUT2D eigenvalue weighted by molar-refractivity contribution is 0.102. The summed E-state index contributed by atoms with van der Waals surface area (Å²) in [6.45, 7) is 6.47. The van der Waals surface area contributed by atoms with Crippen molar-refractivity contribution in [2.45, 2.75) is 39.2 Å². The van der Waals surface area contributed by atoms with Crippen LogP contribution in [0.4, 0.5) is 5.82 Å². The van der Waals surface area contributed by atoms with Gasteiger partial charge in [0.2, 0.25) is 0 Å². The second-order valence-corrected chi connectivity index (χ2v) is 6.03. The molecule has 0 spiro atoms. The largest absolute Gasteiger partial charge is 0.309 e. The molecule has 0 aliphatic rings. The third-order valence-electron chi connectivity index (χ3n) is 4.71. The number of imidazole rings is 1. The summed E-state index contributed by atoms with van der Waals surface area (Å²) in [5, 5.41) is 2.84. The van der Waals surface area contributed by atoms with E-state index in [1.807, 2.05) is 18.2 Å². The number of amides is 1. The maximum absolute atomic E-state index is 12.4. The molecule has 0 aliphatic carbocycles. The van der Waals surface area contributed by atoms with Crippen LogP contribution >= 0.6 is 0 Å². The molecule has 24 heavy (non-hydrogen) atoms. The standard InChI is InChI=1S/C18H21N5O/c1-4-18(3,5-2)23-12-21-14-15(19-11-20-16(14)23)22-17(24)13-9-7-6-8-10-13/h6-12H,4-5H2,1-3H3,(H,19,20,22,24). The molecule has 0 atom stereocenters. The zero-order chi connectivity index (χ0) is 17.2. The molecule has 0 bridgehead atoms. The Hall–Kier alpha value is -2.76. The number of fused-ring (bicyclic) bond motifs is 1. The van der Waals surface area contributed by atoms with Crippen molar-refractivity contribution in [3.05, 3.63) is 48.5 Å². The van der Waals surface area contributed by atoms with Gasteiger partial charge in [-0.25, -0.2) is 15.0 Å². The van der Waals surface area contributed by atoms with Crippen LogP contribution < -0.4 is 5.32 Å². The summed E-state index contributed by atoms with van der Waals surface area (Å²) < 4.78 is 2.07. The zero-order valence-corrected chi connectivity index (χ0v) is 14.2. The minimum Gasteiger partial charge on any atom is -0.309 e. The molecular formula is C18H21N5O. The highest BCUT2D eigenvalue weighted by molar-refractivity contribution is 6.06. The molecule has 0 fully saturated rings. The molecule has 1 aromatic carbocycles. The molecule has 0 aliphatic heterocycles. The second kappa shape index (κ2) is 6.39. The summed E-state index contributed by atoms with van der Waals surface area (Å²) in [6, 6.07) is 9.05. The van der Waals surface area contributed by atoms with Crippen LogP contribution in [0.15, 0.2) is 43.0 Å². The minimum atomic E-state index is -0.209. The Morgan fingerprint density at radius 3 is 2.50 bits per heavy atom. The number of nitrogens with zero attached hydrogens (tertiary/aromatic N) is 4. The number of hydrogen-bond donors (Lipinski definition) is 1. The first kappa shape index (κ1) is 16.1. The molecule has 0 saturated heterocycles. The molecule has 2 heterocycles. The molecule has 3 rings (SSSR count). The van der Waals surface area contributed by atoms with E-state index in [9.17, 15) is 4.79 Å². The Kier molecular flexibility index (Phi) is 4.29. The van der Waals surface area contributed by atoms with Gasteiger partial charge in [0.15, 0.2) is 17.0 Å². The molecule has 0 radical (unpaired) electrons. The first-order valence-corrected chi connectivity index (χ1v) is 8.14. The molecular weight excluding hydrogens is 302 g/mol. The van der Waals surface area contributed by atoms with Gasteiger partial charge < -0.3 is 9.88 Å². The first-order chi connectivity index (χ1) is 11.6. The van der Waals surface area contributed by atoms with Crippen LogP contribution in [0.5, 0.6) is 0 Å². The van der Waals surface area contributed by atoms with E-state index in [0.29, 0.717) is 16.9 Å². The predicted octanol–water partition coefficient (Wildman–Crippen LogP) is 3.61. The van der Waals surface area contributed by atoms with Gasteiger partial charge in [0.25, 0.3) is 5.91 Å². The quantitative estimate of drug-likeness (QED) is 0.778. The van der Waals surface area contributed by atoms with E-state index in [-0.39, 0.29) is 11.4 Å². The Morgan fingerprint density at radius 1 is 1.12 bits per heavy atom. The van der Waals surface area contributed by atoms with Crippen LogP contribution in [0, 0.1) is 0 Å². The maximum Gasteiger partial charge on any atom is 0.256 e. The van der Waals surface area contributed by atoms with Gasteiger partial charge in [-0.3, -0.25) is 4.79 Å². The lowest BCUT2D eigenvalue weighted by Crippen LogP contribution is -2.28. The van der Waals surface area contributed by atoms with Crippen LogP contribution in [-0.2, 0) is 5.54 Å². The fourth-order valence-electron chi connectivity index (χ4n) is 2.68. The molecule has 1 amide bonds. The van der Waals surface area contributed by atoms with Gasteiger partial charge in [-0.1, -0.05) is 32.0 Å². The summed E-state index contributed by atoms with van der Waals surface area (Å²) in [5.74, 6) is 0.223. The maximum atomic E-state index is 12.4. The minimum absolute atomic E-state index is 0.0657. The molecule has 1 N–H and O–H groups in total. The molecule has 6 nitrogen and oxygen atoms in total. The third kappa shape index (κ3) is 2.75. The third-order valence-corrected chi connectivity index (χ3v) is 4.71. The van der Waals surface area contributed by atoms with Gasteiger partial charge in [-0.15, -0.1) is 0 Å². The van der Waals surface area contributed by atoms with E-state index in [1.54, 1.807) is 18.5 Å². The summed E-state index contributed by atoms with van der Waals surface area (Å²) in [7, 11) is 0. The lowest BCUT2D eigenvalue weighted by atomic mass is 9.95. The number of anilines is 1. The Labute approximate surface area is 141 Å². The van der Waals surface area contributed by atoms with Crippen LogP contribution in [0.2, 0.25) is 0 Å². The van der Waals surface area contributed by atoms with Crippen LogP contribution in [-0.4, -0.2) is 25.4 Å². The average Bonchev–Trinajstić information content (AvgIpc) is 3.07. The van der Waals surface area contributed by atoms with Crippen LogP contribution in [0.3, 0.4) is 0 Å². The van der Waals surface area contributed by atoms with Gasteiger partial charge >= 0.3 is 0 Å². The first-order valence-electron chi connectivity index (χ1n) is 8.14. The van der Waals surface area contributed by atoms with E-state index in [4.69, 9.17) is 0 Å². The van der Waals surface area contributed by atoms with Crippen molar-refractivity contribution >= 4 is 22.9 Å². The topological polar surface area (TPSA) is 72.7 Å². The molecule has 6 heteroatoms. The van der Waals surface area contributed by atoms with E-state index in [2.05, 4.69) is 45.6 Å². The van der Waals surface area contributed by atoms with Crippen molar-refractivity contribution in [2.24, 2.45) is 0 Å². The van der Waals surface area contributed by atoms with Crippen molar-refractivity contribution in [1.82, 2.24) is 19.5 Å². The number of carbonyl (C=O) groups is 1. The van der Waals surface area contributed by atoms with Gasteiger partial charge in [-0.2, -0.15) is 0 Å². The summed E-state index contributed by atoms with van der Waals surface area (Å²) >= 11 is 0. The number of nitrogens with one attached hydrogen (secondary N) is 1. The molecule has 0 unspecified atom stereocenters. The Balaban J connectivity index is 1.99. The number of carbonyl (C=O) groups excluding carboxylic acids is 1. The van der Waals surface area contributed by atoms with Crippen molar-refractivity contribution in [3.8, 4) is 0 Å². The van der Waals surface area contributed by atoms with Gasteiger partial charge in [0.1, 0.15) is 6.33 Å². The predicted molar refractivity (Wildman–Crippen MR) is 93.9 cm³/mol. The van der Waals surface area contributed by atoms with Crippen molar-refractivity contribution < 1.29 is 4.79 Å². The highest BCUT2D eigenvalue weighted by Crippen LogP contribution is 2.29. The summed E-state index contributed by atoms with van der Waals surface area (Å²) in [4.78, 5) is 25.4. The monoisotopic (exact) mass is 323 g/mol. The van der Waals surface area contributed by atoms with Crippen molar-refractivity contribution in [3.63, 3.8) is 0 Å². The van der Waals surface area contributed by atoms with Gasteiger partial charge in [-0.05, 0) is 31.9 Å². The van der Waals surface area contributed by atoms with Crippen molar-refractivity contribution in [1.29, 1.82) is 0 Å². The number of rotatable bonds is 5. The lowest BCUT2D eigenvalue weighted by Gasteiger charge is -2.28. The second-order valence-electron chi connectivity index (χ2n) is 6.03. The summed E-state index contributed by atoms with van der Waals surface area (Å²) in [6.07, 6.45) is 5.17. The molecule has 124 valence electrons. The van der Waals surface area contributed by atoms with Crippen molar-refractivity contribution in [2.75, 3.05) is 5.32 Å². The SMILES string of the molecule is CCC(C)(CC)n1cnc2c(NC(=O)c3ccccc3)ncnc21. The highest BCUT2D eigenvalue weighted by atomic mass is 16.1. The Bertz CT molecular complexity index is 852. The zero-order valence-electron chi connectivity index (χ0n) is 14.2. The summed E-state index contributed by atoms with van der Waals surface area (Å²) in [5.41, 5.74) is 1.86. The molecule has 0 saturated carbocycles. The Morgan fingerprint density at radius 2 is 1.83 bits per heavy atom. The van der Waals surface area contributed by atoms with E-state index in [0.717, 1.165) is 18.5 Å². The average molecular weight is 323 g/mol. The van der Waals surface area contributed by atoms with Crippen LogP contribution in [0.25, 0.3) is 11.2 Å². The number of benzene rings is 1. The van der Waals surface area contributed by atoms with Gasteiger partial charge in [0.05, 0.1) is 6.33 Å². The van der Waals surface area contributed by atoms with E-state index < -0.39 is 0 Å². The van der Waals surface area contributed by atoms with E-state index >= 15 is 0 Å². The highest BCUT2D eigenvalue weighted by Gasteiger charge is 2.25. The van der Waals surface area contributed by atoms with E-state index in [1.165, 1.54) is 6.33 Å². The fraction of sp³-hybridized carbons (Fsp3) is 0.333. The number of aromatic nitrogens is 4. The molecule has 2 aromatic heterocycles. The molecule has 3 aromatic rings. The fourth-order valence-corrected chi connectivity index (χ4v) is 2.68. The smallest absolute Gasteiger partial charge is 0.256 e. The normalized spacial score (nSPS) is 11.6. The van der Waals surface area contributed by atoms with Gasteiger partial charge in [0, 0.05) is 11.1 Å². The number of hydrogen-bond acceptors (Lipinski definition) is 4. The van der Waals surface area contributed by atoms with Crippen LogP contribution in [0.1, 0.15) is 44.0 Å².